The van der Waals surface area contributed by atoms with Gasteiger partial charge in [0.2, 0.25) is 11.5 Å². The second-order valence-electron chi connectivity index (χ2n) is 5.47. The van der Waals surface area contributed by atoms with Crippen LogP contribution in [0.2, 0.25) is 0 Å². The second-order valence-corrected chi connectivity index (χ2v) is 7.33. The van der Waals surface area contributed by atoms with Crippen LogP contribution in [-0.2, 0) is 14.4 Å². The van der Waals surface area contributed by atoms with Crippen LogP contribution in [0, 0.1) is 0 Å². The number of nitrogens with zero attached hydrogens (tertiary/aromatic N) is 2. The Morgan fingerprint density at radius 2 is 1.96 bits per heavy atom. The number of hydrogen-bond acceptors (Lipinski definition) is 5. The van der Waals surface area contributed by atoms with E-state index in [1.807, 2.05) is 17.5 Å². The lowest BCUT2D eigenvalue weighted by atomic mass is 9.95. The summed E-state index contributed by atoms with van der Waals surface area (Å²) in [4.78, 5) is 32.9. The van der Waals surface area contributed by atoms with Gasteiger partial charge in [-0.25, -0.2) is 4.90 Å². The molecule has 1 atom stereocenters. The molecule has 23 heavy (non-hydrogen) atoms. The van der Waals surface area contributed by atoms with Gasteiger partial charge in [0.1, 0.15) is 5.71 Å². The molecule has 2 amide bonds. The molecule has 1 aromatic carbocycles. The molecule has 0 N–H and O–H groups in total. The van der Waals surface area contributed by atoms with Crippen molar-refractivity contribution < 1.29 is 14.4 Å². The lowest BCUT2D eigenvalue weighted by Crippen LogP contribution is -2.40. The van der Waals surface area contributed by atoms with Crippen LogP contribution in [0.15, 0.2) is 51.4 Å². The molecule has 116 valence electrons. The highest BCUT2D eigenvalue weighted by molar-refractivity contribution is 9.10. The highest BCUT2D eigenvalue weighted by atomic mass is 79.9. The van der Waals surface area contributed by atoms with E-state index in [9.17, 15) is 9.59 Å². The molecule has 5 nitrogen and oxygen atoms in total. The fourth-order valence-electron chi connectivity index (χ4n) is 2.83. The zero-order valence-corrected chi connectivity index (χ0v) is 14.3. The lowest BCUT2D eigenvalue weighted by molar-refractivity contribution is -0.136. The fraction of sp³-hybridized carbons (Fsp3) is 0.188. The molecule has 0 radical (unpaired) electrons. The minimum absolute atomic E-state index is 0.0142. The Hall–Kier alpha value is -1.99. The number of rotatable bonds is 2. The molecule has 2 aliphatic heterocycles. The summed E-state index contributed by atoms with van der Waals surface area (Å²) in [6.07, 6.45) is 0.339. The number of amides is 2. The first-order valence-corrected chi connectivity index (χ1v) is 8.68. The molecule has 2 aliphatic rings. The summed E-state index contributed by atoms with van der Waals surface area (Å²) < 4.78 is 0.885. The van der Waals surface area contributed by atoms with Crippen molar-refractivity contribution in [3.05, 3.63) is 51.1 Å². The Balaban J connectivity index is 1.62. The Morgan fingerprint density at radius 1 is 1.17 bits per heavy atom. The van der Waals surface area contributed by atoms with Gasteiger partial charge < -0.3 is 4.84 Å². The van der Waals surface area contributed by atoms with Crippen LogP contribution in [0.25, 0.3) is 0 Å². The Bertz CT molecular complexity index is 816. The number of imide groups is 1. The van der Waals surface area contributed by atoms with Crippen LogP contribution in [0.5, 0.6) is 0 Å². The largest absolute Gasteiger partial charge is 0.378 e. The molecular formula is C16H11BrN2O3S. The average Bonchev–Trinajstić information content (AvgIpc) is 3.23. The molecule has 1 spiro atoms. The normalized spacial score (nSPS) is 23.5. The molecule has 4 rings (SSSR count). The van der Waals surface area contributed by atoms with E-state index in [2.05, 4.69) is 21.1 Å². The van der Waals surface area contributed by atoms with E-state index in [-0.39, 0.29) is 18.2 Å². The lowest BCUT2D eigenvalue weighted by Gasteiger charge is -2.19. The van der Waals surface area contributed by atoms with Crippen molar-refractivity contribution in [3.63, 3.8) is 0 Å². The van der Waals surface area contributed by atoms with Gasteiger partial charge in [-0.2, -0.15) is 0 Å². The van der Waals surface area contributed by atoms with Gasteiger partial charge in [0.25, 0.3) is 5.91 Å². The number of carbonyl (C=O) groups excluding carboxylic acids is 2. The molecule has 1 aromatic heterocycles. The summed E-state index contributed by atoms with van der Waals surface area (Å²) in [5, 5.41) is 6.00. The summed E-state index contributed by atoms with van der Waals surface area (Å²) in [6, 6.07) is 10.9. The van der Waals surface area contributed by atoms with Crippen molar-refractivity contribution >= 4 is 50.5 Å². The molecular weight excluding hydrogens is 380 g/mol. The first-order valence-electron chi connectivity index (χ1n) is 7.01. The van der Waals surface area contributed by atoms with Crippen molar-refractivity contribution in [2.45, 2.75) is 18.4 Å². The maximum atomic E-state index is 12.8. The maximum Gasteiger partial charge on any atom is 0.281 e. The number of thiophene rings is 1. The quantitative estimate of drug-likeness (QED) is 0.738. The number of hydrogen-bond donors (Lipinski definition) is 0. The van der Waals surface area contributed by atoms with E-state index in [0.717, 1.165) is 15.1 Å². The van der Waals surface area contributed by atoms with Crippen LogP contribution >= 0.6 is 27.3 Å². The van der Waals surface area contributed by atoms with Gasteiger partial charge in [-0.05, 0) is 35.7 Å². The van der Waals surface area contributed by atoms with E-state index in [0.29, 0.717) is 12.1 Å². The summed E-state index contributed by atoms with van der Waals surface area (Å²) >= 11 is 4.88. The number of oxime groups is 1. The van der Waals surface area contributed by atoms with Gasteiger partial charge in [-0.3, -0.25) is 9.59 Å². The van der Waals surface area contributed by atoms with Gasteiger partial charge in [-0.15, -0.1) is 11.3 Å². The smallest absolute Gasteiger partial charge is 0.281 e. The fourth-order valence-corrected chi connectivity index (χ4v) is 3.80. The minimum atomic E-state index is -1.19. The van der Waals surface area contributed by atoms with E-state index >= 15 is 0 Å². The van der Waals surface area contributed by atoms with E-state index in [1.165, 1.54) is 16.2 Å². The highest BCUT2D eigenvalue weighted by Crippen LogP contribution is 2.39. The van der Waals surface area contributed by atoms with Crippen LogP contribution in [0.1, 0.15) is 17.7 Å². The molecule has 3 heterocycles. The molecule has 2 aromatic rings. The van der Waals surface area contributed by atoms with Crippen molar-refractivity contribution in [2.24, 2.45) is 5.16 Å². The maximum absolute atomic E-state index is 12.8. The van der Waals surface area contributed by atoms with Gasteiger partial charge in [0.15, 0.2) is 0 Å². The first kappa shape index (κ1) is 14.6. The van der Waals surface area contributed by atoms with Crippen LogP contribution in [0.4, 0.5) is 5.69 Å². The van der Waals surface area contributed by atoms with Crippen molar-refractivity contribution in [1.29, 1.82) is 0 Å². The average molecular weight is 391 g/mol. The summed E-state index contributed by atoms with van der Waals surface area (Å²) in [6.45, 7) is 0. The summed E-state index contributed by atoms with van der Waals surface area (Å²) in [7, 11) is 0. The predicted molar refractivity (Wildman–Crippen MR) is 90.5 cm³/mol. The van der Waals surface area contributed by atoms with E-state index in [1.54, 1.807) is 24.3 Å². The number of halogens is 1. The van der Waals surface area contributed by atoms with E-state index < -0.39 is 5.60 Å². The van der Waals surface area contributed by atoms with Crippen LogP contribution in [-0.4, -0.2) is 23.1 Å². The number of benzene rings is 1. The Kier molecular flexibility index (Phi) is 3.35. The molecule has 7 heteroatoms. The van der Waals surface area contributed by atoms with Crippen molar-refractivity contribution in [1.82, 2.24) is 0 Å². The minimum Gasteiger partial charge on any atom is -0.378 e. The standard InChI is InChI=1S/C16H11BrN2O3S/c17-10-3-5-11(6-4-10)19-14(20)9-16(15(19)21)8-12(18-22-16)13-2-1-7-23-13/h1-7H,8-9H2/t16-/m1/s1. The zero-order valence-electron chi connectivity index (χ0n) is 11.9. The summed E-state index contributed by atoms with van der Waals surface area (Å²) in [5.74, 6) is -0.611. The number of anilines is 1. The zero-order chi connectivity index (χ0) is 16.0. The Morgan fingerprint density at radius 3 is 2.65 bits per heavy atom. The van der Waals surface area contributed by atoms with Crippen LogP contribution < -0.4 is 4.90 Å². The summed E-state index contributed by atoms with van der Waals surface area (Å²) in [5.41, 5.74) is 0.0794. The van der Waals surface area contributed by atoms with Crippen molar-refractivity contribution in [3.8, 4) is 0 Å². The molecule has 1 fully saturated rings. The van der Waals surface area contributed by atoms with Gasteiger partial charge in [0, 0.05) is 10.9 Å². The molecule has 1 saturated heterocycles. The third-order valence-corrected chi connectivity index (χ3v) is 5.40. The third kappa shape index (κ3) is 2.31. The topological polar surface area (TPSA) is 59.0 Å². The predicted octanol–water partition coefficient (Wildman–Crippen LogP) is 3.34. The van der Waals surface area contributed by atoms with Gasteiger partial charge >= 0.3 is 0 Å². The van der Waals surface area contributed by atoms with E-state index in [4.69, 9.17) is 4.84 Å². The van der Waals surface area contributed by atoms with Crippen LogP contribution in [0.3, 0.4) is 0 Å². The molecule has 0 bridgehead atoms. The molecule has 0 saturated carbocycles. The van der Waals surface area contributed by atoms with Crippen molar-refractivity contribution in [2.75, 3.05) is 4.90 Å². The first-order chi connectivity index (χ1) is 11.1. The number of carbonyl (C=O) groups is 2. The molecule has 0 unspecified atom stereocenters. The highest BCUT2D eigenvalue weighted by Gasteiger charge is 2.58. The monoisotopic (exact) mass is 390 g/mol. The molecule has 0 aliphatic carbocycles. The second kappa shape index (κ2) is 5.28. The Labute approximate surface area is 144 Å². The third-order valence-electron chi connectivity index (χ3n) is 3.95. The van der Waals surface area contributed by atoms with Gasteiger partial charge in [-0.1, -0.05) is 27.2 Å². The SMILES string of the molecule is O=C1C[C@]2(CC(c3cccs3)=NO2)C(=O)N1c1ccc(Br)cc1. The van der Waals surface area contributed by atoms with Gasteiger partial charge in [0.05, 0.1) is 17.0 Å².